The predicted octanol–water partition coefficient (Wildman–Crippen LogP) is 1.74. The van der Waals surface area contributed by atoms with Crippen LogP contribution in [0.25, 0.3) is 11.3 Å². The number of nitrogens with two attached hydrogens (primary N) is 1. The minimum Gasteiger partial charge on any atom is -0.428 e. The quantitative estimate of drug-likeness (QED) is 0.431. The number of benzene rings is 1. The lowest BCUT2D eigenvalue weighted by molar-refractivity contribution is -0.776. The van der Waals surface area contributed by atoms with Gasteiger partial charge in [-0.2, -0.15) is 5.10 Å². The average Bonchev–Trinajstić information content (AvgIpc) is 3.53. The second-order valence-corrected chi connectivity index (χ2v) is 10.2. The first-order valence-corrected chi connectivity index (χ1v) is 12.7. The topological polar surface area (TPSA) is 134 Å². The number of aliphatic hydroxyl groups is 1. The zero-order valence-electron chi connectivity index (χ0n) is 20.9. The van der Waals surface area contributed by atoms with Crippen molar-refractivity contribution in [2.75, 3.05) is 50.5 Å². The summed E-state index contributed by atoms with van der Waals surface area (Å²) in [5, 5.41) is 14.2. The maximum absolute atomic E-state index is 12.5. The van der Waals surface area contributed by atoms with Gasteiger partial charge in [-0.1, -0.05) is 0 Å². The molecule has 37 heavy (non-hydrogen) atoms. The average molecular weight is 507 g/mol. The minimum atomic E-state index is -1.10. The van der Waals surface area contributed by atoms with Crippen LogP contribution in [0.1, 0.15) is 37.3 Å². The molecule has 2 aromatic heterocycles. The highest BCUT2D eigenvalue weighted by Crippen LogP contribution is 2.37. The zero-order valence-corrected chi connectivity index (χ0v) is 20.9. The van der Waals surface area contributed by atoms with E-state index in [1.54, 1.807) is 17.3 Å². The van der Waals surface area contributed by atoms with E-state index in [-0.39, 0.29) is 30.8 Å². The first-order valence-electron chi connectivity index (χ1n) is 12.7. The van der Waals surface area contributed by atoms with Gasteiger partial charge in [0.15, 0.2) is 11.9 Å². The molecule has 11 nitrogen and oxygen atoms in total. The molecule has 3 aromatic rings. The van der Waals surface area contributed by atoms with Crippen LogP contribution in [0.2, 0.25) is 0 Å². The molecule has 1 aromatic carbocycles. The Morgan fingerprint density at radius 1 is 1.24 bits per heavy atom. The van der Waals surface area contributed by atoms with Crippen molar-refractivity contribution in [1.82, 2.24) is 20.0 Å². The molecule has 194 valence electrons. The summed E-state index contributed by atoms with van der Waals surface area (Å²) in [4.78, 5) is 25.5. The van der Waals surface area contributed by atoms with Crippen LogP contribution in [0.15, 0.2) is 36.8 Å². The third-order valence-corrected chi connectivity index (χ3v) is 7.50. The van der Waals surface area contributed by atoms with Crippen LogP contribution in [0.5, 0.6) is 11.6 Å². The van der Waals surface area contributed by atoms with E-state index < -0.39 is 5.60 Å². The molecule has 11 heteroatoms. The van der Waals surface area contributed by atoms with Crippen LogP contribution < -0.4 is 20.1 Å². The molecule has 0 atom stereocenters. The minimum absolute atomic E-state index is 0.0673. The number of ether oxygens (including phenoxy) is 2. The maximum atomic E-state index is 12.5. The van der Waals surface area contributed by atoms with Crippen molar-refractivity contribution in [1.29, 1.82) is 0 Å². The number of rotatable bonds is 6. The lowest BCUT2D eigenvalue weighted by atomic mass is 9.89. The highest BCUT2D eigenvalue weighted by atomic mass is 16.5. The van der Waals surface area contributed by atoms with Gasteiger partial charge in [-0.05, 0) is 37.2 Å². The van der Waals surface area contributed by atoms with Crippen molar-refractivity contribution in [3.05, 3.63) is 42.4 Å². The Bertz CT molecular complexity index is 1310. The van der Waals surface area contributed by atoms with E-state index in [1.165, 1.54) is 0 Å². The molecular formula is C26H32N7O4+. The molecule has 6 rings (SSSR count). The zero-order chi connectivity index (χ0) is 25.6. The van der Waals surface area contributed by atoms with Crippen molar-refractivity contribution < 1.29 is 24.1 Å². The van der Waals surface area contributed by atoms with Gasteiger partial charge in [0.1, 0.15) is 11.8 Å². The van der Waals surface area contributed by atoms with Crippen LogP contribution in [-0.2, 0) is 15.1 Å². The molecule has 0 saturated carbocycles. The maximum Gasteiger partial charge on any atom is 0.263 e. The Hall–Kier alpha value is -3.54. The van der Waals surface area contributed by atoms with E-state index in [9.17, 15) is 9.90 Å². The largest absolute Gasteiger partial charge is 0.428 e. The number of nitrogen functional groups attached to an aromatic ring is 1. The van der Waals surface area contributed by atoms with E-state index in [2.05, 4.69) is 31.7 Å². The van der Waals surface area contributed by atoms with Gasteiger partial charge in [0.2, 0.25) is 17.9 Å². The molecule has 3 aliphatic rings. The summed E-state index contributed by atoms with van der Waals surface area (Å²) in [5.41, 5.74) is 7.67. The number of nitrogens with zero attached hydrogens (tertiary/aromatic N) is 5. The van der Waals surface area contributed by atoms with Crippen LogP contribution in [-0.4, -0.2) is 70.9 Å². The second kappa shape index (κ2) is 9.40. The molecule has 5 heterocycles. The summed E-state index contributed by atoms with van der Waals surface area (Å²) < 4.78 is 13.4. The van der Waals surface area contributed by atoms with Gasteiger partial charge in [0.25, 0.3) is 5.88 Å². The van der Waals surface area contributed by atoms with Gasteiger partial charge in [-0.15, -0.1) is 4.68 Å². The Kier molecular flexibility index (Phi) is 6.06. The van der Waals surface area contributed by atoms with Gasteiger partial charge < -0.3 is 30.1 Å². The van der Waals surface area contributed by atoms with Gasteiger partial charge in [0, 0.05) is 50.1 Å². The Morgan fingerprint density at radius 2 is 2.05 bits per heavy atom. The Morgan fingerprint density at radius 3 is 2.76 bits per heavy atom. The van der Waals surface area contributed by atoms with Crippen molar-refractivity contribution in [2.24, 2.45) is 0 Å². The van der Waals surface area contributed by atoms with Gasteiger partial charge >= 0.3 is 0 Å². The van der Waals surface area contributed by atoms with E-state index in [0.29, 0.717) is 41.6 Å². The number of nitrogens with one attached hydrogen (secondary N) is 1. The summed E-state index contributed by atoms with van der Waals surface area (Å²) >= 11 is 0. The molecule has 0 unspecified atom stereocenters. The molecule has 0 aliphatic carbocycles. The van der Waals surface area contributed by atoms with E-state index in [1.807, 2.05) is 24.4 Å². The summed E-state index contributed by atoms with van der Waals surface area (Å²) in [5.74, 6) is 1.03. The smallest absolute Gasteiger partial charge is 0.263 e. The molecule has 1 amide bonds. The number of aromatic amines is 1. The third-order valence-electron chi connectivity index (χ3n) is 7.50. The normalized spacial score (nSPS) is 20.3. The van der Waals surface area contributed by atoms with Gasteiger partial charge in [0.05, 0.1) is 25.1 Å². The van der Waals surface area contributed by atoms with Crippen molar-refractivity contribution in [3.63, 3.8) is 0 Å². The number of hydrogen-bond acceptors (Lipinski definition) is 8. The number of hydrogen-bond donors (Lipinski definition) is 3. The van der Waals surface area contributed by atoms with Crippen molar-refractivity contribution in [3.8, 4) is 22.9 Å². The van der Waals surface area contributed by atoms with Crippen LogP contribution in [0, 0.1) is 0 Å². The Labute approximate surface area is 214 Å². The number of amides is 1. The van der Waals surface area contributed by atoms with E-state index in [0.717, 1.165) is 38.0 Å². The lowest BCUT2D eigenvalue weighted by Crippen LogP contribution is -2.46. The third kappa shape index (κ3) is 4.65. The van der Waals surface area contributed by atoms with Gasteiger partial charge in [-0.25, -0.2) is 9.97 Å². The number of anilines is 2. The number of H-pyrrole nitrogens is 1. The molecule has 0 spiro atoms. The van der Waals surface area contributed by atoms with Gasteiger partial charge in [-0.3, -0.25) is 4.79 Å². The van der Waals surface area contributed by atoms with E-state index in [4.69, 9.17) is 15.2 Å². The molecular weight excluding hydrogens is 474 g/mol. The second-order valence-electron chi connectivity index (χ2n) is 10.2. The van der Waals surface area contributed by atoms with Crippen molar-refractivity contribution in [2.45, 2.75) is 37.3 Å². The number of carbonyl (C=O) groups is 1. The molecule has 3 aliphatic heterocycles. The number of likely N-dealkylation sites (tertiary alicyclic amines) is 1. The fourth-order valence-corrected chi connectivity index (χ4v) is 5.16. The molecule has 4 N–H and O–H groups in total. The number of carbonyl (C=O) groups excluding carboxylic acids is 1. The van der Waals surface area contributed by atoms with Crippen LogP contribution >= 0.6 is 0 Å². The summed E-state index contributed by atoms with van der Waals surface area (Å²) in [6, 6.07) is 6.00. The molecule has 3 saturated heterocycles. The Balaban J connectivity index is 1.30. The highest BCUT2D eigenvalue weighted by Gasteiger charge is 2.39. The lowest BCUT2D eigenvalue weighted by Gasteiger charge is -2.37. The highest BCUT2D eigenvalue weighted by molar-refractivity contribution is 5.96. The van der Waals surface area contributed by atoms with Crippen molar-refractivity contribution >= 4 is 17.4 Å². The first-order chi connectivity index (χ1) is 17.9. The molecule has 3 fully saturated rings. The summed E-state index contributed by atoms with van der Waals surface area (Å²) in [6.07, 6.45) is 8.74. The molecule has 0 radical (unpaired) electrons. The monoisotopic (exact) mass is 506 g/mol. The van der Waals surface area contributed by atoms with Crippen LogP contribution in [0.4, 0.5) is 11.5 Å². The fraction of sp³-hybridized carbons (Fsp3) is 0.462. The van der Waals surface area contributed by atoms with Crippen LogP contribution in [0.3, 0.4) is 0 Å². The first kappa shape index (κ1) is 23.8. The standard InChI is InChI=1S/C26H31N7O4/c1-31-7-4-19(5-8-31)33-14-21(12-29-33)37-25-24(27)28-13-22(30-25)17-9-18(26(35)15-36-16-26)11-20(10-17)32-6-2-3-23(32)34/h9-14,19,35H,2-8,15-16H2,1H3,(H2,27,28)/p+1. The SMILES string of the molecule is CN1CCC([n+]2cc(Oc3nc(-c4cc(N5CCCC5=O)cc(C5(O)COC5)c4)cnc3N)c[nH]2)CC1. The summed E-state index contributed by atoms with van der Waals surface area (Å²) in [6.45, 7) is 3.16. The number of aromatic nitrogens is 4. The number of piperidine rings is 1. The summed E-state index contributed by atoms with van der Waals surface area (Å²) in [7, 11) is 2.14. The fourth-order valence-electron chi connectivity index (χ4n) is 5.16. The predicted molar refractivity (Wildman–Crippen MR) is 135 cm³/mol. The van der Waals surface area contributed by atoms with E-state index >= 15 is 0 Å². The molecule has 0 bridgehead atoms.